The third kappa shape index (κ3) is 34.6. The topological polar surface area (TPSA) is 111 Å². The normalized spacial score (nSPS) is 11.2. The van der Waals surface area contributed by atoms with Crippen LogP contribution in [0.25, 0.3) is 33.4 Å². The molecule has 0 unspecified atom stereocenters. The minimum Gasteiger partial charge on any atom is -0.490 e. The van der Waals surface area contributed by atoms with E-state index in [0.717, 1.165) is 217 Å². The fourth-order valence-corrected chi connectivity index (χ4v) is 13.4. The van der Waals surface area contributed by atoms with Crippen LogP contribution in [-0.2, 0) is 19.8 Å². The molecule has 0 heterocycles. The maximum atomic E-state index is 6.66. The molecule has 0 fully saturated rings. The predicted octanol–water partition coefficient (Wildman–Crippen LogP) is 29.1. The van der Waals surface area contributed by atoms with E-state index in [1.807, 2.05) is 0 Å². The summed E-state index contributed by atoms with van der Waals surface area (Å²) in [5, 5.41) is 0. The van der Waals surface area contributed by atoms with Crippen LogP contribution >= 0.6 is 0 Å². The van der Waals surface area contributed by atoms with E-state index in [-0.39, 0.29) is 0 Å². The van der Waals surface area contributed by atoms with E-state index in [1.165, 1.54) is 116 Å². The van der Waals surface area contributed by atoms with Crippen molar-refractivity contribution in [1.29, 1.82) is 0 Å². The summed E-state index contributed by atoms with van der Waals surface area (Å²) in [6, 6.07) is 44.8. The van der Waals surface area contributed by atoms with Gasteiger partial charge in [0.1, 0.15) is 37.1 Å². The van der Waals surface area contributed by atoms with Crippen molar-refractivity contribution in [3.8, 4) is 102 Å². The van der Waals surface area contributed by atoms with Crippen molar-refractivity contribution < 1.29 is 56.8 Å². The lowest BCUT2D eigenvalue weighted by molar-refractivity contribution is 0.232. The Morgan fingerprint density at radius 2 is 0.333 bits per heavy atom. The lowest BCUT2D eigenvalue weighted by Gasteiger charge is -2.19. The van der Waals surface area contributed by atoms with Gasteiger partial charge in [-0.15, -0.1) is 0 Å². The molecule has 7 aromatic rings. The highest BCUT2D eigenvalue weighted by Gasteiger charge is 2.22. The van der Waals surface area contributed by atoms with Crippen LogP contribution in [-0.4, -0.2) is 59.5 Å². The molecule has 0 saturated carbocycles. The Hall–Kier alpha value is -7.86. The molecule has 0 aliphatic heterocycles. The summed E-state index contributed by atoms with van der Waals surface area (Å²) in [6.07, 6.45) is 40.2. The molecule has 612 valence electrons. The van der Waals surface area contributed by atoms with Crippen LogP contribution in [0.5, 0.6) is 69.0 Å². The molecular weight excluding hydrogens is 1380 g/mol. The van der Waals surface area contributed by atoms with Gasteiger partial charge in [0.25, 0.3) is 0 Å². The highest BCUT2D eigenvalue weighted by atomic mass is 16.6. The number of hydrogen-bond acceptors (Lipinski definition) is 12. The Morgan fingerprint density at radius 1 is 0.162 bits per heavy atom. The number of hydrogen-bond donors (Lipinski definition) is 0. The molecule has 7 rings (SSSR count). The third-order valence-corrected chi connectivity index (χ3v) is 20.2. The van der Waals surface area contributed by atoms with Gasteiger partial charge in [-0.3, -0.25) is 0 Å². The molecule has 0 amide bonds. The first-order chi connectivity index (χ1) is 54.7. The monoisotopic (exact) mass is 1530 g/mol. The molecular formula is C99H144O12. The van der Waals surface area contributed by atoms with E-state index in [0.29, 0.717) is 96.5 Å². The van der Waals surface area contributed by atoms with E-state index in [9.17, 15) is 0 Å². The smallest absolute Gasteiger partial charge is 0.203 e. The van der Waals surface area contributed by atoms with Gasteiger partial charge in [0.15, 0.2) is 34.5 Å². The van der Waals surface area contributed by atoms with E-state index in [4.69, 9.17) is 56.8 Å². The van der Waals surface area contributed by atoms with Crippen molar-refractivity contribution in [2.75, 3.05) is 59.5 Å². The quantitative estimate of drug-likeness (QED) is 0.0339. The van der Waals surface area contributed by atoms with Gasteiger partial charge in [-0.25, -0.2) is 0 Å². The Kier molecular flexibility index (Phi) is 45.9. The highest BCUT2D eigenvalue weighted by molar-refractivity contribution is 5.81. The van der Waals surface area contributed by atoms with Crippen LogP contribution in [0.4, 0.5) is 0 Å². The number of unbranched alkanes of at least 4 members (excludes halogenated alkanes) is 27. The van der Waals surface area contributed by atoms with Crippen LogP contribution in [0.1, 0.15) is 310 Å². The van der Waals surface area contributed by atoms with Crippen LogP contribution in [0, 0.1) is 0 Å². The molecule has 0 aromatic heterocycles. The minimum absolute atomic E-state index is 0.334. The molecule has 0 radical (unpaired) electrons. The Morgan fingerprint density at radius 3 is 0.505 bits per heavy atom. The molecule has 111 heavy (non-hydrogen) atoms. The summed E-state index contributed by atoms with van der Waals surface area (Å²) in [4.78, 5) is 0. The van der Waals surface area contributed by atoms with Gasteiger partial charge in [-0.2, -0.15) is 0 Å². The second kappa shape index (κ2) is 56.4. The van der Waals surface area contributed by atoms with Crippen LogP contribution in [0.3, 0.4) is 0 Å². The van der Waals surface area contributed by atoms with E-state index >= 15 is 0 Å². The first-order valence-corrected chi connectivity index (χ1v) is 44.2. The SMILES string of the molecule is CCCCCCOc1cc(COc2ccc(-c3cc(-c4ccc(OCc5cc(OCCCCCC)c(OCCCCCC)c(OCCCCCC)c5)cc4)cc(-c4ccc(OCc5cc(OCCCCCC)c(OCCCCCC)c(OCCCCCC)c5)cc4)c3)cc2)cc(OCCCCCC)c1OCCCCCC. The summed E-state index contributed by atoms with van der Waals surface area (Å²) >= 11 is 0. The Labute approximate surface area is 672 Å². The standard InChI is InChI=1S/C99H144O12/c1-10-19-28-37-58-100-91-67-79(68-92(101-59-38-29-20-11-2)97(91)106-64-43-34-25-16-7)76-109-88-52-46-82(47-53-88)85-73-86(83-48-54-89(55-49-83)110-77-80-69-93(102-60-39-30-21-12-3)98(107-65-44-35-26-17-8)94(70-80)103-61-40-31-22-13-4)75-87(74-85)84-50-56-90(57-51-84)111-78-81-71-95(104-62-41-32-23-14-5)99(108-66-45-36-27-18-9)96(72-81)105-63-42-33-24-15-6/h46-57,67-75H,10-45,58-66,76-78H2,1-9H3. The molecule has 0 aliphatic rings. The van der Waals surface area contributed by atoms with E-state index in [2.05, 4.69) is 190 Å². The number of ether oxygens (including phenoxy) is 12. The summed E-state index contributed by atoms with van der Waals surface area (Å²) in [5.41, 5.74) is 9.30. The summed E-state index contributed by atoms with van der Waals surface area (Å²) < 4.78 is 79.2. The van der Waals surface area contributed by atoms with Crippen molar-refractivity contribution in [2.24, 2.45) is 0 Å². The zero-order valence-electron chi connectivity index (χ0n) is 70.5. The van der Waals surface area contributed by atoms with E-state index < -0.39 is 0 Å². The van der Waals surface area contributed by atoms with Crippen molar-refractivity contribution in [3.05, 3.63) is 144 Å². The summed E-state index contributed by atoms with van der Waals surface area (Å²) in [6.45, 7) is 26.7. The van der Waals surface area contributed by atoms with Gasteiger partial charge in [-0.1, -0.05) is 272 Å². The average molecular weight is 1530 g/mol. The van der Waals surface area contributed by atoms with Gasteiger partial charge in [0.05, 0.1) is 59.5 Å². The van der Waals surface area contributed by atoms with Crippen molar-refractivity contribution in [1.82, 2.24) is 0 Å². The molecule has 0 spiro atoms. The van der Waals surface area contributed by atoms with Crippen LogP contribution in [0.15, 0.2) is 127 Å². The molecule has 12 heteroatoms. The van der Waals surface area contributed by atoms with Crippen LogP contribution < -0.4 is 56.8 Å². The number of benzene rings is 7. The zero-order chi connectivity index (χ0) is 78.4. The van der Waals surface area contributed by atoms with Gasteiger partial charge < -0.3 is 56.8 Å². The molecule has 0 aliphatic carbocycles. The second-order valence-corrected chi connectivity index (χ2v) is 30.2. The average Bonchev–Trinajstić information content (AvgIpc) is 0.808. The lowest BCUT2D eigenvalue weighted by Crippen LogP contribution is -2.08. The maximum absolute atomic E-state index is 6.66. The molecule has 12 nitrogen and oxygen atoms in total. The molecule has 0 N–H and O–H groups in total. The molecule has 0 atom stereocenters. The van der Waals surface area contributed by atoms with Crippen LogP contribution in [0.2, 0.25) is 0 Å². The fourth-order valence-electron chi connectivity index (χ4n) is 13.4. The maximum Gasteiger partial charge on any atom is 0.203 e. The molecule has 0 saturated heterocycles. The second-order valence-electron chi connectivity index (χ2n) is 30.2. The van der Waals surface area contributed by atoms with E-state index in [1.54, 1.807) is 0 Å². The Balaban J connectivity index is 1.19. The van der Waals surface area contributed by atoms with Gasteiger partial charge in [0.2, 0.25) is 17.2 Å². The minimum atomic E-state index is 0.334. The van der Waals surface area contributed by atoms with Gasteiger partial charge in [0, 0.05) is 0 Å². The zero-order valence-corrected chi connectivity index (χ0v) is 70.5. The summed E-state index contributed by atoms with van der Waals surface area (Å²) in [7, 11) is 0. The predicted molar refractivity (Wildman–Crippen MR) is 462 cm³/mol. The molecule has 7 aromatic carbocycles. The summed E-state index contributed by atoms with van der Waals surface area (Å²) in [5.74, 6) is 8.75. The van der Waals surface area contributed by atoms with Crippen molar-refractivity contribution in [3.63, 3.8) is 0 Å². The van der Waals surface area contributed by atoms with Gasteiger partial charge >= 0.3 is 0 Å². The number of rotatable bonds is 66. The van der Waals surface area contributed by atoms with Gasteiger partial charge in [-0.05, 0) is 199 Å². The Bertz CT molecular complexity index is 3060. The first-order valence-electron chi connectivity index (χ1n) is 44.2. The van der Waals surface area contributed by atoms with Crippen molar-refractivity contribution in [2.45, 2.75) is 313 Å². The largest absolute Gasteiger partial charge is 0.490 e. The third-order valence-electron chi connectivity index (χ3n) is 20.2. The highest BCUT2D eigenvalue weighted by Crippen LogP contribution is 2.44. The fraction of sp³-hybridized carbons (Fsp3) is 0.576. The van der Waals surface area contributed by atoms with Crippen molar-refractivity contribution >= 4 is 0 Å². The first kappa shape index (κ1) is 90.3. The lowest BCUT2D eigenvalue weighted by atomic mass is 9.93. The molecule has 0 bridgehead atoms.